The SMILES string of the molecule is [B+2]c1ccccc1.[O-]c1ccccc1.[O-]c1ccccc1. The van der Waals surface area contributed by atoms with Crippen molar-refractivity contribution in [2.24, 2.45) is 0 Å². The Morgan fingerprint density at radius 3 is 0.905 bits per heavy atom. The fraction of sp³-hybridized carbons (Fsp3) is 0. The summed E-state index contributed by atoms with van der Waals surface area (Å²) in [6.07, 6.45) is 0. The van der Waals surface area contributed by atoms with E-state index < -0.39 is 0 Å². The molecule has 0 amide bonds. The molecule has 0 bridgehead atoms. The number of para-hydroxylation sites is 2. The summed E-state index contributed by atoms with van der Waals surface area (Å²) in [4.78, 5) is 0. The smallest absolute Gasteiger partial charge is 0.0623 e. The third kappa shape index (κ3) is 8.95. The molecule has 0 aliphatic rings. The molecule has 0 N–H and O–H groups in total. The van der Waals surface area contributed by atoms with Gasteiger partial charge in [-0.15, -0.1) is 11.5 Å². The van der Waals surface area contributed by atoms with Crippen molar-refractivity contribution in [2.75, 3.05) is 0 Å². The first-order valence-electron chi connectivity index (χ1n) is 6.43. The Morgan fingerprint density at radius 1 is 0.476 bits per heavy atom. The molecule has 0 aromatic heterocycles. The first-order chi connectivity index (χ1) is 10.2. The van der Waals surface area contributed by atoms with Crippen molar-refractivity contribution in [3.63, 3.8) is 0 Å². The summed E-state index contributed by atoms with van der Waals surface area (Å²) in [5, 5.41) is 20.5. The van der Waals surface area contributed by atoms with Crippen LogP contribution in [0.1, 0.15) is 0 Å². The van der Waals surface area contributed by atoms with Crippen LogP contribution in [0, 0.1) is 0 Å². The van der Waals surface area contributed by atoms with Crippen molar-refractivity contribution in [3.8, 4) is 11.5 Å². The van der Waals surface area contributed by atoms with Gasteiger partial charge in [0.25, 0.3) is 0 Å². The van der Waals surface area contributed by atoms with Gasteiger partial charge >= 0.3 is 43.6 Å². The molecule has 0 radical (unpaired) electrons. The van der Waals surface area contributed by atoms with E-state index >= 15 is 0 Å². The van der Waals surface area contributed by atoms with Crippen LogP contribution in [0.3, 0.4) is 0 Å². The van der Waals surface area contributed by atoms with Crippen molar-refractivity contribution in [2.45, 2.75) is 0 Å². The summed E-state index contributed by atoms with van der Waals surface area (Å²) in [5.41, 5.74) is 0.822. The van der Waals surface area contributed by atoms with Crippen molar-refractivity contribution in [1.82, 2.24) is 0 Å². The molecule has 0 heterocycles. The molecule has 21 heavy (non-hydrogen) atoms. The van der Waals surface area contributed by atoms with E-state index in [-0.39, 0.29) is 11.5 Å². The summed E-state index contributed by atoms with van der Waals surface area (Å²) in [6.45, 7) is 0. The molecule has 3 aromatic rings. The second-order valence-corrected chi connectivity index (χ2v) is 4.04. The molecular formula is C18H15BO2. The second kappa shape index (κ2) is 10.2. The van der Waals surface area contributed by atoms with E-state index in [4.69, 9.17) is 7.85 Å². The molecule has 0 atom stereocenters. The molecule has 0 aliphatic carbocycles. The van der Waals surface area contributed by atoms with Gasteiger partial charge < -0.3 is 10.2 Å². The topological polar surface area (TPSA) is 46.1 Å². The summed E-state index contributed by atoms with van der Waals surface area (Å²) in [7, 11) is 5.36. The van der Waals surface area contributed by atoms with Crippen LogP contribution in [-0.4, -0.2) is 7.85 Å². The van der Waals surface area contributed by atoms with Crippen molar-refractivity contribution in [1.29, 1.82) is 0 Å². The minimum atomic E-state index is 0.0718. The largest absolute Gasteiger partial charge is 0.872 e. The van der Waals surface area contributed by atoms with E-state index in [2.05, 4.69) is 0 Å². The van der Waals surface area contributed by atoms with Crippen molar-refractivity contribution < 1.29 is 10.2 Å². The molecule has 0 saturated carbocycles. The Labute approximate surface area is 126 Å². The van der Waals surface area contributed by atoms with Crippen LogP contribution in [0.2, 0.25) is 0 Å². The van der Waals surface area contributed by atoms with Gasteiger partial charge in [0.1, 0.15) is 0 Å². The Morgan fingerprint density at radius 2 is 0.762 bits per heavy atom. The number of benzene rings is 3. The summed E-state index contributed by atoms with van der Waals surface area (Å²) < 4.78 is 0. The van der Waals surface area contributed by atoms with Crippen LogP contribution in [0.25, 0.3) is 0 Å². The zero-order valence-electron chi connectivity index (χ0n) is 11.6. The molecule has 0 spiro atoms. The molecule has 3 rings (SSSR count). The predicted octanol–water partition coefficient (Wildman–Crippen LogP) is 2.00. The predicted molar refractivity (Wildman–Crippen MR) is 83.6 cm³/mol. The molecule has 0 unspecified atom stereocenters. The van der Waals surface area contributed by atoms with E-state index in [0.717, 1.165) is 5.46 Å². The van der Waals surface area contributed by atoms with Crippen LogP contribution in [0.15, 0.2) is 91.0 Å². The van der Waals surface area contributed by atoms with Crippen molar-refractivity contribution >= 4 is 13.3 Å². The minimum Gasteiger partial charge on any atom is -0.872 e. The van der Waals surface area contributed by atoms with E-state index in [9.17, 15) is 10.2 Å². The summed E-state index contributed by atoms with van der Waals surface area (Å²) >= 11 is 0. The molecule has 3 heteroatoms. The monoisotopic (exact) mass is 274 g/mol. The molecule has 3 aromatic carbocycles. The van der Waals surface area contributed by atoms with Gasteiger partial charge in [-0.1, -0.05) is 60.7 Å². The second-order valence-electron chi connectivity index (χ2n) is 4.04. The standard InChI is InChI=1S/C6H5B.2C6H6O/c3*7-6-4-2-1-3-5-6/h1-5H;2*1-5,7H/q+2;;/p-2. The van der Waals surface area contributed by atoms with E-state index in [0.29, 0.717) is 0 Å². The quantitative estimate of drug-likeness (QED) is 0.588. The van der Waals surface area contributed by atoms with E-state index in [1.807, 2.05) is 42.5 Å². The molecule has 102 valence electrons. The summed E-state index contributed by atoms with van der Waals surface area (Å²) in [5.74, 6) is 0.144. The first kappa shape index (κ1) is 16.4. The Balaban J connectivity index is 0.000000157. The number of rotatable bonds is 0. The van der Waals surface area contributed by atoms with Crippen LogP contribution in [0.5, 0.6) is 11.5 Å². The average Bonchev–Trinajstić information content (AvgIpc) is 2.51. The number of hydrogen-bond acceptors (Lipinski definition) is 2. The van der Waals surface area contributed by atoms with E-state index in [1.165, 1.54) is 24.3 Å². The molecule has 0 fully saturated rings. The third-order valence-electron chi connectivity index (χ3n) is 2.29. The first-order valence-corrected chi connectivity index (χ1v) is 6.43. The minimum absolute atomic E-state index is 0.0718. The van der Waals surface area contributed by atoms with Gasteiger partial charge in [-0.2, -0.15) is 0 Å². The van der Waals surface area contributed by atoms with Gasteiger partial charge in [0, 0.05) is 0 Å². The van der Waals surface area contributed by atoms with Gasteiger partial charge in [-0.25, -0.2) is 0 Å². The van der Waals surface area contributed by atoms with Crippen LogP contribution >= 0.6 is 0 Å². The Kier molecular flexibility index (Phi) is 7.92. The maximum absolute atomic E-state index is 10.3. The zero-order valence-corrected chi connectivity index (χ0v) is 11.6. The van der Waals surface area contributed by atoms with Gasteiger partial charge in [0.2, 0.25) is 0 Å². The molecule has 2 nitrogen and oxygen atoms in total. The van der Waals surface area contributed by atoms with Gasteiger partial charge in [0.05, 0.1) is 0 Å². The summed E-state index contributed by atoms with van der Waals surface area (Å²) in [6, 6.07) is 26.1. The Bertz CT molecular complexity index is 494. The fourth-order valence-corrected chi connectivity index (χ4v) is 1.29. The maximum Gasteiger partial charge on any atom is -0.0623 e. The van der Waals surface area contributed by atoms with E-state index in [1.54, 1.807) is 24.3 Å². The van der Waals surface area contributed by atoms with Gasteiger partial charge in [0.15, 0.2) is 0 Å². The molecular weight excluding hydrogens is 259 g/mol. The van der Waals surface area contributed by atoms with Gasteiger partial charge in [-0.3, -0.25) is 0 Å². The fourth-order valence-electron chi connectivity index (χ4n) is 1.29. The molecule has 0 saturated heterocycles. The van der Waals surface area contributed by atoms with Gasteiger partial charge in [-0.05, 0) is 0 Å². The van der Waals surface area contributed by atoms with Crippen LogP contribution in [0.4, 0.5) is 0 Å². The van der Waals surface area contributed by atoms with Crippen molar-refractivity contribution in [3.05, 3.63) is 91.0 Å². The normalized spacial score (nSPS) is 8.67. The average molecular weight is 274 g/mol. The van der Waals surface area contributed by atoms with Crippen LogP contribution < -0.4 is 15.7 Å². The molecule has 0 aliphatic heterocycles. The third-order valence-corrected chi connectivity index (χ3v) is 2.29. The maximum atomic E-state index is 10.3. The van der Waals surface area contributed by atoms with Crippen LogP contribution in [-0.2, 0) is 0 Å². The zero-order chi connectivity index (χ0) is 15.3. The number of hydrogen-bond donors (Lipinski definition) is 0. The Hall–Kier alpha value is -2.68.